The van der Waals surface area contributed by atoms with Gasteiger partial charge in [0.25, 0.3) is 0 Å². The Morgan fingerprint density at radius 1 is 1.56 bits per heavy atom. The molecular formula is C12H21N3O2S. The second-order valence-corrected chi connectivity index (χ2v) is 5.78. The van der Waals surface area contributed by atoms with Gasteiger partial charge in [0, 0.05) is 36.7 Å². The van der Waals surface area contributed by atoms with E-state index in [0.717, 1.165) is 11.4 Å². The Balaban J connectivity index is 2.21. The largest absolute Gasteiger partial charge is 0.396 e. The molecule has 1 aromatic heterocycles. The standard InChI is InChI=1S/C12H21N3O2S/c1-8(7-16)10(3)15-12(17)13-5-4-11-14-6-9(2)18-11/h6,8,10,16H,4-5,7H2,1-3H3,(H2,13,15,17)/t8-,10-/m1/s1. The number of aryl methyl sites for hydroxylation is 1. The number of urea groups is 1. The minimum atomic E-state index is -0.198. The molecule has 3 N–H and O–H groups in total. The Morgan fingerprint density at radius 2 is 2.28 bits per heavy atom. The molecule has 0 spiro atoms. The average molecular weight is 271 g/mol. The van der Waals surface area contributed by atoms with Crippen molar-refractivity contribution >= 4 is 17.4 Å². The summed E-state index contributed by atoms with van der Waals surface area (Å²) < 4.78 is 0. The number of hydrogen-bond acceptors (Lipinski definition) is 4. The van der Waals surface area contributed by atoms with Gasteiger partial charge in [0.15, 0.2) is 0 Å². The van der Waals surface area contributed by atoms with Gasteiger partial charge in [-0.3, -0.25) is 0 Å². The number of nitrogens with one attached hydrogen (secondary N) is 2. The molecule has 0 saturated carbocycles. The number of aliphatic hydroxyl groups excluding tert-OH is 1. The van der Waals surface area contributed by atoms with Gasteiger partial charge in [-0.2, -0.15) is 0 Å². The van der Waals surface area contributed by atoms with E-state index in [9.17, 15) is 4.79 Å². The number of aliphatic hydroxyl groups is 1. The summed E-state index contributed by atoms with van der Waals surface area (Å²) in [6.45, 7) is 6.42. The average Bonchev–Trinajstić information content (AvgIpc) is 2.73. The van der Waals surface area contributed by atoms with E-state index in [-0.39, 0.29) is 24.6 Å². The van der Waals surface area contributed by atoms with E-state index in [1.54, 1.807) is 11.3 Å². The van der Waals surface area contributed by atoms with Crippen LogP contribution in [0.25, 0.3) is 0 Å². The summed E-state index contributed by atoms with van der Waals surface area (Å²) >= 11 is 1.65. The van der Waals surface area contributed by atoms with E-state index in [2.05, 4.69) is 15.6 Å². The zero-order chi connectivity index (χ0) is 13.5. The Bertz CT molecular complexity index is 381. The smallest absolute Gasteiger partial charge is 0.315 e. The second kappa shape index (κ2) is 7.33. The van der Waals surface area contributed by atoms with Crippen LogP contribution in [0.5, 0.6) is 0 Å². The third-order valence-corrected chi connectivity index (χ3v) is 3.77. The first-order valence-electron chi connectivity index (χ1n) is 6.09. The van der Waals surface area contributed by atoms with Crippen LogP contribution in [0.3, 0.4) is 0 Å². The lowest BCUT2D eigenvalue weighted by Crippen LogP contribution is -2.44. The monoisotopic (exact) mass is 271 g/mol. The first kappa shape index (κ1) is 14.9. The summed E-state index contributed by atoms with van der Waals surface area (Å²) in [5, 5.41) is 15.6. The van der Waals surface area contributed by atoms with Crippen molar-refractivity contribution in [2.75, 3.05) is 13.2 Å². The van der Waals surface area contributed by atoms with Crippen molar-refractivity contribution in [1.29, 1.82) is 0 Å². The highest BCUT2D eigenvalue weighted by atomic mass is 32.1. The molecule has 0 aromatic carbocycles. The predicted molar refractivity (Wildman–Crippen MR) is 72.8 cm³/mol. The van der Waals surface area contributed by atoms with Crippen LogP contribution in [0.15, 0.2) is 6.20 Å². The summed E-state index contributed by atoms with van der Waals surface area (Å²) in [5.41, 5.74) is 0. The number of carbonyl (C=O) groups is 1. The van der Waals surface area contributed by atoms with Gasteiger partial charge in [0.05, 0.1) is 5.01 Å². The predicted octanol–water partition coefficient (Wildman–Crippen LogP) is 1.31. The maximum atomic E-state index is 11.5. The molecule has 0 aliphatic rings. The number of carbonyl (C=O) groups excluding carboxylic acids is 1. The fourth-order valence-electron chi connectivity index (χ4n) is 1.36. The van der Waals surface area contributed by atoms with E-state index in [0.29, 0.717) is 6.54 Å². The summed E-state index contributed by atoms with van der Waals surface area (Å²) in [5.74, 6) is 0.0531. The highest BCUT2D eigenvalue weighted by molar-refractivity contribution is 7.11. The van der Waals surface area contributed by atoms with Crippen LogP contribution >= 0.6 is 11.3 Å². The fraction of sp³-hybridized carbons (Fsp3) is 0.667. The van der Waals surface area contributed by atoms with Crippen LogP contribution in [0, 0.1) is 12.8 Å². The minimum Gasteiger partial charge on any atom is -0.396 e. The zero-order valence-electron chi connectivity index (χ0n) is 11.1. The van der Waals surface area contributed by atoms with Crippen LogP contribution < -0.4 is 10.6 Å². The normalized spacial score (nSPS) is 14.0. The quantitative estimate of drug-likeness (QED) is 0.730. The van der Waals surface area contributed by atoms with Crippen LogP contribution in [0.2, 0.25) is 0 Å². The number of nitrogens with zero attached hydrogens (tertiary/aromatic N) is 1. The van der Waals surface area contributed by atoms with Gasteiger partial charge in [0.1, 0.15) is 0 Å². The van der Waals surface area contributed by atoms with E-state index >= 15 is 0 Å². The Labute approximate surface area is 112 Å². The SMILES string of the molecule is Cc1cnc(CCNC(=O)N[C@H](C)[C@H](C)CO)s1. The lowest BCUT2D eigenvalue weighted by molar-refractivity contribution is 0.200. The first-order valence-corrected chi connectivity index (χ1v) is 6.91. The Morgan fingerprint density at radius 3 is 2.83 bits per heavy atom. The van der Waals surface area contributed by atoms with Crippen LogP contribution in [-0.4, -0.2) is 35.3 Å². The van der Waals surface area contributed by atoms with E-state index < -0.39 is 0 Å². The van der Waals surface area contributed by atoms with Crippen LogP contribution in [0.1, 0.15) is 23.7 Å². The molecule has 0 saturated heterocycles. The maximum Gasteiger partial charge on any atom is 0.315 e. The van der Waals surface area contributed by atoms with Gasteiger partial charge in [0.2, 0.25) is 0 Å². The van der Waals surface area contributed by atoms with Gasteiger partial charge in [-0.1, -0.05) is 6.92 Å². The summed E-state index contributed by atoms with van der Waals surface area (Å²) in [4.78, 5) is 17.0. The second-order valence-electron chi connectivity index (χ2n) is 4.46. The van der Waals surface area contributed by atoms with Crippen molar-refractivity contribution in [3.8, 4) is 0 Å². The molecule has 0 fully saturated rings. The van der Waals surface area contributed by atoms with E-state index in [1.165, 1.54) is 4.88 Å². The third kappa shape index (κ3) is 5.01. The van der Waals surface area contributed by atoms with Crippen molar-refractivity contribution < 1.29 is 9.90 Å². The molecule has 18 heavy (non-hydrogen) atoms. The van der Waals surface area contributed by atoms with Crippen molar-refractivity contribution in [1.82, 2.24) is 15.6 Å². The molecule has 1 aromatic rings. The topological polar surface area (TPSA) is 74.2 Å². The fourth-order valence-corrected chi connectivity index (χ4v) is 2.14. The van der Waals surface area contributed by atoms with Crippen LogP contribution in [0.4, 0.5) is 4.79 Å². The molecule has 0 aliphatic carbocycles. The molecule has 0 aliphatic heterocycles. The molecule has 5 nitrogen and oxygen atoms in total. The molecule has 0 radical (unpaired) electrons. The van der Waals surface area contributed by atoms with Gasteiger partial charge in [-0.25, -0.2) is 9.78 Å². The summed E-state index contributed by atoms with van der Waals surface area (Å²) in [6, 6.07) is -0.242. The third-order valence-electron chi connectivity index (χ3n) is 2.79. The molecule has 6 heteroatoms. The molecule has 2 amide bonds. The number of rotatable bonds is 6. The lowest BCUT2D eigenvalue weighted by atomic mass is 10.1. The maximum absolute atomic E-state index is 11.5. The van der Waals surface area contributed by atoms with E-state index in [1.807, 2.05) is 27.0 Å². The van der Waals surface area contributed by atoms with Crippen molar-refractivity contribution in [3.05, 3.63) is 16.1 Å². The molecule has 0 unspecified atom stereocenters. The summed E-state index contributed by atoms with van der Waals surface area (Å²) in [6.07, 6.45) is 2.58. The minimum absolute atomic E-state index is 0.0443. The molecule has 0 bridgehead atoms. The van der Waals surface area contributed by atoms with Crippen molar-refractivity contribution in [2.45, 2.75) is 33.2 Å². The van der Waals surface area contributed by atoms with Gasteiger partial charge >= 0.3 is 6.03 Å². The van der Waals surface area contributed by atoms with Gasteiger partial charge in [-0.15, -0.1) is 11.3 Å². The van der Waals surface area contributed by atoms with Crippen LogP contribution in [-0.2, 0) is 6.42 Å². The van der Waals surface area contributed by atoms with Crippen molar-refractivity contribution in [2.24, 2.45) is 5.92 Å². The number of thiazole rings is 1. The molecule has 102 valence electrons. The van der Waals surface area contributed by atoms with Gasteiger partial charge in [-0.05, 0) is 19.8 Å². The summed E-state index contributed by atoms with van der Waals surface area (Å²) in [7, 11) is 0. The van der Waals surface area contributed by atoms with Crippen molar-refractivity contribution in [3.63, 3.8) is 0 Å². The lowest BCUT2D eigenvalue weighted by Gasteiger charge is -2.19. The molecule has 1 heterocycles. The Hall–Kier alpha value is -1.14. The zero-order valence-corrected chi connectivity index (χ0v) is 11.9. The highest BCUT2D eigenvalue weighted by Gasteiger charge is 2.13. The van der Waals surface area contributed by atoms with Gasteiger partial charge < -0.3 is 15.7 Å². The molecule has 1 rings (SSSR count). The number of amides is 2. The first-order chi connectivity index (χ1) is 8.52. The highest BCUT2D eigenvalue weighted by Crippen LogP contribution is 2.10. The molecular weight excluding hydrogens is 250 g/mol. The Kier molecular flexibility index (Phi) is 6.07. The molecule has 2 atom stereocenters. The number of aromatic nitrogens is 1. The van der Waals surface area contributed by atoms with E-state index in [4.69, 9.17) is 5.11 Å². The number of hydrogen-bond donors (Lipinski definition) is 3.